The van der Waals surface area contributed by atoms with Gasteiger partial charge in [-0.2, -0.15) is 0 Å². The number of amides is 1. The van der Waals surface area contributed by atoms with E-state index in [2.05, 4.69) is 5.32 Å². The van der Waals surface area contributed by atoms with Gasteiger partial charge in [-0.15, -0.1) is 0 Å². The minimum atomic E-state index is -0.481. The third kappa shape index (κ3) is 2.69. The Morgan fingerprint density at radius 1 is 1.40 bits per heavy atom. The molecule has 0 radical (unpaired) electrons. The molecule has 2 rings (SSSR count). The summed E-state index contributed by atoms with van der Waals surface area (Å²) in [7, 11) is 1.53. The van der Waals surface area contributed by atoms with Crippen LogP contribution in [0.3, 0.4) is 0 Å². The van der Waals surface area contributed by atoms with E-state index in [-0.39, 0.29) is 12.5 Å². The maximum absolute atomic E-state index is 11.8. The first-order valence-corrected chi connectivity index (χ1v) is 5.79. The molecule has 2 saturated carbocycles. The highest BCUT2D eigenvalue weighted by Crippen LogP contribution is 2.44. The van der Waals surface area contributed by atoms with E-state index in [1.54, 1.807) is 0 Å². The predicted molar refractivity (Wildman–Crippen MR) is 57.2 cm³/mol. The molecule has 0 bridgehead atoms. The lowest BCUT2D eigenvalue weighted by Gasteiger charge is -2.20. The van der Waals surface area contributed by atoms with Crippen LogP contribution in [0.5, 0.6) is 0 Å². The van der Waals surface area contributed by atoms with Crippen LogP contribution < -0.4 is 11.1 Å². The Morgan fingerprint density at radius 2 is 1.93 bits per heavy atom. The third-order valence-electron chi connectivity index (χ3n) is 3.36. The number of nitrogens with one attached hydrogen (secondary N) is 1. The van der Waals surface area contributed by atoms with Crippen LogP contribution in [-0.2, 0) is 9.53 Å². The Kier molecular flexibility index (Phi) is 3.26. The van der Waals surface area contributed by atoms with Crippen LogP contribution in [0.25, 0.3) is 0 Å². The summed E-state index contributed by atoms with van der Waals surface area (Å²) in [5.74, 6) is 1.40. The van der Waals surface area contributed by atoms with Gasteiger partial charge in [0, 0.05) is 19.7 Å². The van der Waals surface area contributed by atoms with Gasteiger partial charge in [0.15, 0.2) is 0 Å². The Labute approximate surface area is 90.5 Å². The monoisotopic (exact) mass is 212 g/mol. The number of carbonyl (C=O) groups is 1. The average Bonchev–Trinajstić information content (AvgIpc) is 3.08. The molecule has 0 aromatic carbocycles. The quantitative estimate of drug-likeness (QED) is 0.664. The fourth-order valence-electron chi connectivity index (χ4n) is 2.10. The lowest BCUT2D eigenvalue weighted by molar-refractivity contribution is -0.131. The molecule has 0 spiro atoms. The van der Waals surface area contributed by atoms with E-state index in [0.717, 1.165) is 11.8 Å². The van der Waals surface area contributed by atoms with E-state index in [4.69, 9.17) is 10.5 Å². The molecule has 1 atom stereocenters. The average molecular weight is 212 g/mol. The van der Waals surface area contributed by atoms with Gasteiger partial charge in [-0.05, 0) is 37.5 Å². The Morgan fingerprint density at radius 3 is 2.27 bits per heavy atom. The largest absolute Gasteiger partial charge is 0.370 e. The normalized spacial score (nSPS) is 22.9. The van der Waals surface area contributed by atoms with Gasteiger partial charge in [0.05, 0.1) is 0 Å². The Bertz CT molecular complexity index is 221. The summed E-state index contributed by atoms with van der Waals surface area (Å²) in [5.41, 5.74) is 5.46. The van der Waals surface area contributed by atoms with E-state index in [1.165, 1.54) is 32.8 Å². The minimum absolute atomic E-state index is 0.0381. The highest BCUT2D eigenvalue weighted by atomic mass is 16.5. The van der Waals surface area contributed by atoms with Crippen molar-refractivity contribution in [2.45, 2.75) is 37.8 Å². The van der Waals surface area contributed by atoms with Gasteiger partial charge in [-0.3, -0.25) is 4.79 Å². The van der Waals surface area contributed by atoms with Crippen molar-refractivity contribution in [3.63, 3.8) is 0 Å². The topological polar surface area (TPSA) is 64.3 Å². The lowest BCUT2D eigenvalue weighted by Crippen LogP contribution is -2.46. The van der Waals surface area contributed by atoms with Crippen LogP contribution in [0.4, 0.5) is 0 Å². The molecule has 2 fully saturated rings. The van der Waals surface area contributed by atoms with Gasteiger partial charge in [-0.1, -0.05) is 0 Å². The van der Waals surface area contributed by atoms with E-state index in [9.17, 15) is 4.79 Å². The first kappa shape index (κ1) is 10.9. The Balaban J connectivity index is 1.84. The summed E-state index contributed by atoms with van der Waals surface area (Å²) >= 11 is 0. The van der Waals surface area contributed by atoms with E-state index >= 15 is 0 Å². The SMILES string of the molecule is COC(CN)C(=O)NC(C1CC1)C1CC1. The minimum Gasteiger partial charge on any atom is -0.370 e. The first-order chi connectivity index (χ1) is 7.26. The van der Waals surface area contributed by atoms with Crippen molar-refractivity contribution < 1.29 is 9.53 Å². The van der Waals surface area contributed by atoms with Crippen LogP contribution in [0.2, 0.25) is 0 Å². The van der Waals surface area contributed by atoms with Crippen molar-refractivity contribution in [3.8, 4) is 0 Å². The molecule has 0 aliphatic heterocycles. The molecule has 0 heterocycles. The van der Waals surface area contributed by atoms with Gasteiger partial charge in [-0.25, -0.2) is 0 Å². The number of nitrogens with two attached hydrogens (primary N) is 1. The summed E-state index contributed by atoms with van der Waals surface area (Å²) in [6.07, 6.45) is 4.58. The molecule has 0 saturated heterocycles. The van der Waals surface area contributed by atoms with Crippen molar-refractivity contribution in [1.82, 2.24) is 5.32 Å². The number of rotatable bonds is 6. The standard InChI is InChI=1S/C11H20N2O2/c1-15-9(6-12)11(14)13-10(7-2-3-7)8-4-5-8/h7-10H,2-6,12H2,1H3,(H,13,14). The first-order valence-electron chi connectivity index (χ1n) is 5.79. The molecule has 1 unspecified atom stereocenters. The van der Waals surface area contributed by atoms with Crippen molar-refractivity contribution >= 4 is 5.91 Å². The fraction of sp³-hybridized carbons (Fsp3) is 0.909. The van der Waals surface area contributed by atoms with Gasteiger partial charge in [0.1, 0.15) is 6.10 Å². The highest BCUT2D eigenvalue weighted by molar-refractivity contribution is 5.81. The van der Waals surface area contributed by atoms with Gasteiger partial charge in [0.2, 0.25) is 0 Å². The molecule has 86 valence electrons. The highest BCUT2D eigenvalue weighted by Gasteiger charge is 2.42. The van der Waals surface area contributed by atoms with Crippen LogP contribution in [0, 0.1) is 11.8 Å². The van der Waals surface area contributed by atoms with Gasteiger partial charge in [0.25, 0.3) is 5.91 Å². The molecule has 0 aromatic rings. The van der Waals surface area contributed by atoms with Crippen molar-refractivity contribution in [3.05, 3.63) is 0 Å². The Hall–Kier alpha value is -0.610. The third-order valence-corrected chi connectivity index (χ3v) is 3.36. The molecular weight excluding hydrogens is 192 g/mol. The molecular formula is C11H20N2O2. The van der Waals surface area contributed by atoms with Crippen LogP contribution in [0.15, 0.2) is 0 Å². The molecule has 3 N–H and O–H groups in total. The molecule has 15 heavy (non-hydrogen) atoms. The molecule has 4 heteroatoms. The summed E-state index contributed by atoms with van der Waals surface area (Å²) in [6, 6.07) is 0.390. The van der Waals surface area contributed by atoms with E-state index in [1.807, 2.05) is 0 Å². The van der Waals surface area contributed by atoms with Gasteiger partial charge < -0.3 is 15.8 Å². The molecule has 4 nitrogen and oxygen atoms in total. The van der Waals surface area contributed by atoms with E-state index in [0.29, 0.717) is 6.04 Å². The van der Waals surface area contributed by atoms with Crippen LogP contribution >= 0.6 is 0 Å². The summed E-state index contributed by atoms with van der Waals surface area (Å²) in [5, 5.41) is 3.10. The zero-order valence-corrected chi connectivity index (χ0v) is 9.24. The maximum atomic E-state index is 11.8. The summed E-state index contributed by atoms with van der Waals surface area (Å²) in [4.78, 5) is 11.8. The molecule has 2 aliphatic carbocycles. The number of ether oxygens (including phenoxy) is 1. The molecule has 1 amide bonds. The molecule has 0 aromatic heterocycles. The number of hydrogen-bond acceptors (Lipinski definition) is 3. The summed E-state index contributed by atoms with van der Waals surface area (Å²) < 4.78 is 5.03. The van der Waals surface area contributed by atoms with Crippen LogP contribution in [-0.4, -0.2) is 31.7 Å². The second-order valence-electron chi connectivity index (χ2n) is 4.67. The fourth-order valence-corrected chi connectivity index (χ4v) is 2.10. The van der Waals surface area contributed by atoms with Crippen molar-refractivity contribution in [2.24, 2.45) is 17.6 Å². The van der Waals surface area contributed by atoms with Crippen molar-refractivity contribution in [2.75, 3.05) is 13.7 Å². The second-order valence-corrected chi connectivity index (χ2v) is 4.67. The van der Waals surface area contributed by atoms with E-state index < -0.39 is 6.10 Å². The number of carbonyl (C=O) groups excluding carboxylic acids is 1. The number of methoxy groups -OCH3 is 1. The molecule has 2 aliphatic rings. The van der Waals surface area contributed by atoms with Gasteiger partial charge >= 0.3 is 0 Å². The second kappa shape index (κ2) is 4.49. The smallest absolute Gasteiger partial charge is 0.250 e. The van der Waals surface area contributed by atoms with Crippen molar-refractivity contribution in [1.29, 1.82) is 0 Å². The summed E-state index contributed by atoms with van der Waals surface area (Å²) in [6.45, 7) is 0.254. The predicted octanol–water partition coefficient (Wildman–Crippen LogP) is 0.265. The maximum Gasteiger partial charge on any atom is 0.250 e. The zero-order chi connectivity index (χ0) is 10.8. The van der Waals surface area contributed by atoms with Crippen LogP contribution in [0.1, 0.15) is 25.7 Å². The lowest BCUT2D eigenvalue weighted by atomic mass is 10.1. The zero-order valence-electron chi connectivity index (χ0n) is 9.24. The number of hydrogen-bond donors (Lipinski definition) is 2.